The van der Waals surface area contributed by atoms with E-state index in [1.807, 2.05) is 47.8 Å². The molecule has 0 saturated heterocycles. The number of nitrogens with zero attached hydrogens (tertiary/aromatic N) is 2. The molecule has 0 saturated carbocycles. The second-order valence-corrected chi connectivity index (χ2v) is 4.71. The number of benzene rings is 1. The second kappa shape index (κ2) is 4.72. The predicted molar refractivity (Wildman–Crippen MR) is 68.1 cm³/mol. The van der Waals surface area contributed by atoms with Crippen molar-refractivity contribution in [2.24, 2.45) is 0 Å². The van der Waals surface area contributed by atoms with Gasteiger partial charge in [0.05, 0.1) is 0 Å². The van der Waals surface area contributed by atoms with E-state index in [0.29, 0.717) is 5.89 Å². The lowest BCUT2D eigenvalue weighted by Gasteiger charge is -2.01. The van der Waals surface area contributed by atoms with E-state index in [0.717, 1.165) is 10.4 Å². The van der Waals surface area contributed by atoms with Crippen molar-refractivity contribution in [3.8, 4) is 11.5 Å². The van der Waals surface area contributed by atoms with Crippen LogP contribution in [0.3, 0.4) is 0 Å². The Balaban J connectivity index is 1.90. The molecule has 2 heterocycles. The lowest BCUT2D eigenvalue weighted by Crippen LogP contribution is -1.96. The van der Waals surface area contributed by atoms with Crippen LogP contribution in [0.2, 0.25) is 0 Å². The van der Waals surface area contributed by atoms with Gasteiger partial charge in [0.1, 0.15) is 0 Å². The molecule has 18 heavy (non-hydrogen) atoms. The largest absolute Gasteiger partial charge is 0.417 e. The number of aliphatic hydroxyl groups excluding tert-OH is 1. The van der Waals surface area contributed by atoms with Gasteiger partial charge in [-0.25, -0.2) is 0 Å². The normalized spacial score (nSPS) is 12.5. The van der Waals surface area contributed by atoms with Crippen molar-refractivity contribution in [1.82, 2.24) is 10.2 Å². The van der Waals surface area contributed by atoms with Gasteiger partial charge in [-0.05, 0) is 23.6 Å². The fourth-order valence-electron chi connectivity index (χ4n) is 1.61. The Hall–Kier alpha value is -1.98. The van der Waals surface area contributed by atoms with Crippen LogP contribution in [-0.4, -0.2) is 15.3 Å². The topological polar surface area (TPSA) is 59.2 Å². The molecule has 1 N–H and O–H groups in total. The molecule has 0 fully saturated rings. The number of hydrogen-bond acceptors (Lipinski definition) is 5. The lowest BCUT2D eigenvalue weighted by atomic mass is 10.2. The molecule has 0 unspecified atom stereocenters. The van der Waals surface area contributed by atoms with Crippen molar-refractivity contribution < 1.29 is 9.52 Å². The average Bonchev–Trinajstić information content (AvgIpc) is 3.10. The molecule has 90 valence electrons. The molecule has 0 bridgehead atoms. The van der Waals surface area contributed by atoms with Crippen LogP contribution >= 0.6 is 11.3 Å². The molecule has 0 radical (unpaired) electrons. The van der Waals surface area contributed by atoms with Gasteiger partial charge in [0.25, 0.3) is 5.89 Å². The Morgan fingerprint density at radius 2 is 1.89 bits per heavy atom. The lowest BCUT2D eigenvalue weighted by molar-refractivity contribution is 0.187. The fourth-order valence-corrected chi connectivity index (χ4v) is 2.31. The van der Waals surface area contributed by atoms with Gasteiger partial charge in [-0.3, -0.25) is 0 Å². The first-order valence-corrected chi connectivity index (χ1v) is 6.33. The van der Waals surface area contributed by atoms with E-state index in [1.165, 1.54) is 11.3 Å². The summed E-state index contributed by atoms with van der Waals surface area (Å²) < 4.78 is 5.49. The van der Waals surface area contributed by atoms with Crippen molar-refractivity contribution >= 4 is 11.3 Å². The Morgan fingerprint density at radius 1 is 1.06 bits per heavy atom. The summed E-state index contributed by atoms with van der Waals surface area (Å²) in [5.74, 6) is 0.637. The van der Waals surface area contributed by atoms with Crippen molar-refractivity contribution in [2.45, 2.75) is 6.10 Å². The van der Waals surface area contributed by atoms with Gasteiger partial charge in [0, 0.05) is 10.4 Å². The second-order valence-electron chi connectivity index (χ2n) is 3.73. The Labute approximate surface area is 108 Å². The molecule has 1 atom stereocenters. The summed E-state index contributed by atoms with van der Waals surface area (Å²) >= 11 is 1.45. The SMILES string of the molecule is O[C@@H](c1nnc(-c2ccccc2)o1)c1cccs1. The van der Waals surface area contributed by atoms with Crippen LogP contribution < -0.4 is 0 Å². The number of thiophene rings is 1. The number of aliphatic hydroxyl groups is 1. The van der Waals surface area contributed by atoms with E-state index in [-0.39, 0.29) is 5.89 Å². The minimum absolute atomic E-state index is 0.219. The Bertz CT molecular complexity index is 620. The summed E-state index contributed by atoms with van der Waals surface area (Å²) in [6, 6.07) is 13.2. The van der Waals surface area contributed by atoms with Crippen molar-refractivity contribution in [1.29, 1.82) is 0 Å². The summed E-state index contributed by atoms with van der Waals surface area (Å²) in [4.78, 5) is 0.790. The van der Waals surface area contributed by atoms with Crippen molar-refractivity contribution in [3.63, 3.8) is 0 Å². The van der Waals surface area contributed by atoms with Crippen LogP contribution in [0.15, 0.2) is 52.3 Å². The summed E-state index contributed by atoms with van der Waals surface area (Å²) in [6.07, 6.45) is -0.852. The van der Waals surface area contributed by atoms with Gasteiger partial charge in [0.15, 0.2) is 6.10 Å². The van der Waals surface area contributed by atoms with Crippen LogP contribution in [0, 0.1) is 0 Å². The van der Waals surface area contributed by atoms with Gasteiger partial charge in [-0.1, -0.05) is 24.3 Å². The van der Waals surface area contributed by atoms with Crippen LogP contribution in [-0.2, 0) is 0 Å². The maximum atomic E-state index is 10.1. The predicted octanol–water partition coefficient (Wildman–Crippen LogP) is 2.88. The monoisotopic (exact) mass is 258 g/mol. The molecule has 0 aliphatic heterocycles. The third-order valence-electron chi connectivity index (χ3n) is 2.51. The van der Waals surface area contributed by atoms with Gasteiger partial charge in [-0.2, -0.15) is 0 Å². The maximum Gasteiger partial charge on any atom is 0.250 e. The molecule has 0 aliphatic rings. The maximum absolute atomic E-state index is 10.1. The van der Waals surface area contributed by atoms with Gasteiger partial charge >= 0.3 is 0 Å². The van der Waals surface area contributed by atoms with Crippen LogP contribution in [0.5, 0.6) is 0 Å². The molecular weight excluding hydrogens is 248 g/mol. The molecule has 0 amide bonds. The first kappa shape index (κ1) is 11.1. The molecule has 0 spiro atoms. The van der Waals surface area contributed by atoms with E-state index < -0.39 is 6.10 Å². The number of rotatable bonds is 3. The third kappa shape index (κ3) is 2.05. The Kier molecular flexibility index (Phi) is 2.92. The zero-order valence-electron chi connectivity index (χ0n) is 9.35. The minimum atomic E-state index is -0.852. The van der Waals surface area contributed by atoms with Gasteiger partial charge in [-0.15, -0.1) is 21.5 Å². The summed E-state index contributed by atoms with van der Waals surface area (Å²) in [6.45, 7) is 0. The molecule has 4 nitrogen and oxygen atoms in total. The zero-order valence-corrected chi connectivity index (χ0v) is 10.2. The van der Waals surface area contributed by atoms with Gasteiger partial charge < -0.3 is 9.52 Å². The smallest absolute Gasteiger partial charge is 0.250 e. The van der Waals surface area contributed by atoms with Crippen LogP contribution in [0.1, 0.15) is 16.9 Å². The fraction of sp³-hybridized carbons (Fsp3) is 0.0769. The molecule has 2 aromatic heterocycles. The summed E-state index contributed by atoms with van der Waals surface area (Å²) in [5, 5.41) is 19.8. The van der Waals surface area contributed by atoms with Crippen LogP contribution in [0.25, 0.3) is 11.5 Å². The molecule has 3 rings (SSSR count). The summed E-state index contributed by atoms with van der Waals surface area (Å²) in [5.41, 5.74) is 0.842. The molecule has 0 aliphatic carbocycles. The van der Waals surface area contributed by atoms with E-state index in [1.54, 1.807) is 0 Å². The van der Waals surface area contributed by atoms with Crippen molar-refractivity contribution in [2.75, 3.05) is 0 Å². The van der Waals surface area contributed by atoms with E-state index >= 15 is 0 Å². The first-order valence-electron chi connectivity index (χ1n) is 5.45. The Morgan fingerprint density at radius 3 is 2.61 bits per heavy atom. The molecule has 5 heteroatoms. The number of aromatic nitrogens is 2. The third-order valence-corrected chi connectivity index (χ3v) is 3.43. The highest BCUT2D eigenvalue weighted by Crippen LogP contribution is 2.27. The first-order chi connectivity index (χ1) is 8.84. The van der Waals surface area contributed by atoms with E-state index in [2.05, 4.69) is 10.2 Å². The highest BCUT2D eigenvalue weighted by molar-refractivity contribution is 7.10. The standard InChI is InChI=1S/C13H10N2O2S/c16-11(10-7-4-8-18-10)13-15-14-12(17-13)9-5-2-1-3-6-9/h1-8,11,16H/t11-/m1/s1. The zero-order chi connectivity index (χ0) is 12.4. The van der Waals surface area contributed by atoms with E-state index in [4.69, 9.17) is 4.42 Å². The minimum Gasteiger partial charge on any atom is -0.417 e. The number of hydrogen-bond donors (Lipinski definition) is 1. The quantitative estimate of drug-likeness (QED) is 0.784. The average molecular weight is 258 g/mol. The highest BCUT2D eigenvalue weighted by atomic mass is 32.1. The molecule has 3 aromatic rings. The molecule has 1 aromatic carbocycles. The highest BCUT2D eigenvalue weighted by Gasteiger charge is 2.19. The van der Waals surface area contributed by atoms with Crippen molar-refractivity contribution in [3.05, 3.63) is 58.6 Å². The van der Waals surface area contributed by atoms with Crippen LogP contribution in [0.4, 0.5) is 0 Å². The van der Waals surface area contributed by atoms with Gasteiger partial charge in [0.2, 0.25) is 5.89 Å². The summed E-state index contributed by atoms with van der Waals surface area (Å²) in [7, 11) is 0. The van der Waals surface area contributed by atoms with E-state index in [9.17, 15) is 5.11 Å². The molecular formula is C13H10N2O2S.